The Hall–Kier alpha value is -3.88. The number of rotatable bonds is 7. The molecule has 0 atom stereocenters. The Bertz CT molecular complexity index is 1150. The molecule has 162 valence electrons. The van der Waals surface area contributed by atoms with Crippen molar-refractivity contribution >= 4 is 28.4 Å². The third kappa shape index (κ3) is 4.07. The minimum atomic E-state index is -0.282. The largest absolute Gasteiger partial charge is 0.497 e. The van der Waals surface area contributed by atoms with Crippen LogP contribution in [-0.4, -0.2) is 43.9 Å². The topological polar surface area (TPSA) is 100 Å². The summed E-state index contributed by atoms with van der Waals surface area (Å²) in [6.45, 7) is 0.364. The summed E-state index contributed by atoms with van der Waals surface area (Å²) in [7, 11) is 4.94. The number of amides is 2. The van der Waals surface area contributed by atoms with Crippen LogP contribution in [0.1, 0.15) is 16.9 Å². The van der Waals surface area contributed by atoms with Crippen LogP contribution in [0.5, 0.6) is 23.0 Å². The summed E-state index contributed by atoms with van der Waals surface area (Å²) in [5, 5.41) is 6.37. The lowest BCUT2D eigenvalue weighted by molar-refractivity contribution is -0.116. The number of aromatic nitrogens is 1. The SMILES string of the molecule is COc1cc(OC)c2cc(C(=O)NCCC(=O)Nc3ccc4c(c3)OCO4)n(C)c2c1. The van der Waals surface area contributed by atoms with Gasteiger partial charge < -0.3 is 34.1 Å². The summed E-state index contributed by atoms with van der Waals surface area (Å²) >= 11 is 0. The Balaban J connectivity index is 1.38. The number of nitrogens with one attached hydrogen (secondary N) is 2. The molecule has 0 radical (unpaired) electrons. The highest BCUT2D eigenvalue weighted by atomic mass is 16.7. The number of carbonyl (C=O) groups excluding carboxylic acids is 2. The summed E-state index contributed by atoms with van der Waals surface area (Å²) in [6, 6.07) is 10.5. The third-order valence-corrected chi connectivity index (χ3v) is 5.08. The van der Waals surface area contributed by atoms with Crippen molar-refractivity contribution in [3.05, 3.63) is 42.1 Å². The molecular weight excluding hydrogens is 402 g/mol. The predicted molar refractivity (Wildman–Crippen MR) is 114 cm³/mol. The molecule has 0 saturated heterocycles. The average molecular weight is 425 g/mol. The van der Waals surface area contributed by atoms with Gasteiger partial charge in [-0.2, -0.15) is 0 Å². The van der Waals surface area contributed by atoms with E-state index in [1.165, 1.54) is 0 Å². The number of carbonyl (C=O) groups is 2. The highest BCUT2D eigenvalue weighted by Gasteiger charge is 2.18. The first-order valence-electron chi connectivity index (χ1n) is 9.69. The van der Waals surface area contributed by atoms with Gasteiger partial charge in [-0.05, 0) is 18.2 Å². The Kier molecular flexibility index (Phi) is 5.57. The van der Waals surface area contributed by atoms with Gasteiger partial charge in [-0.1, -0.05) is 0 Å². The van der Waals surface area contributed by atoms with Crippen molar-refractivity contribution in [3.63, 3.8) is 0 Å². The van der Waals surface area contributed by atoms with Crippen LogP contribution in [-0.2, 0) is 11.8 Å². The lowest BCUT2D eigenvalue weighted by Crippen LogP contribution is -2.29. The number of hydrogen-bond acceptors (Lipinski definition) is 6. The Morgan fingerprint density at radius 1 is 1.06 bits per heavy atom. The molecule has 0 unspecified atom stereocenters. The van der Waals surface area contributed by atoms with Crippen LogP contribution in [0.15, 0.2) is 36.4 Å². The molecule has 2 amide bonds. The summed E-state index contributed by atoms with van der Waals surface area (Å²) < 4.78 is 23.0. The molecule has 31 heavy (non-hydrogen) atoms. The molecule has 2 aromatic carbocycles. The van der Waals surface area contributed by atoms with Crippen LogP contribution in [0.2, 0.25) is 0 Å². The van der Waals surface area contributed by atoms with E-state index in [1.807, 2.05) is 6.07 Å². The van der Waals surface area contributed by atoms with Crippen molar-refractivity contribution in [2.24, 2.45) is 7.05 Å². The summed E-state index contributed by atoms with van der Waals surface area (Å²) in [5.74, 6) is 1.99. The zero-order chi connectivity index (χ0) is 22.0. The zero-order valence-electron chi connectivity index (χ0n) is 17.5. The van der Waals surface area contributed by atoms with Crippen LogP contribution in [0, 0.1) is 0 Å². The molecular formula is C22H23N3O6. The Morgan fingerprint density at radius 3 is 2.65 bits per heavy atom. The van der Waals surface area contributed by atoms with E-state index in [1.54, 1.807) is 56.2 Å². The van der Waals surface area contributed by atoms with Crippen molar-refractivity contribution in [3.8, 4) is 23.0 Å². The van der Waals surface area contributed by atoms with E-state index in [-0.39, 0.29) is 31.6 Å². The van der Waals surface area contributed by atoms with E-state index in [2.05, 4.69) is 10.6 Å². The fourth-order valence-electron chi connectivity index (χ4n) is 3.46. The van der Waals surface area contributed by atoms with Crippen molar-refractivity contribution in [2.45, 2.75) is 6.42 Å². The van der Waals surface area contributed by atoms with Gasteiger partial charge in [0.05, 0.1) is 19.7 Å². The van der Waals surface area contributed by atoms with Gasteiger partial charge >= 0.3 is 0 Å². The normalized spacial score (nSPS) is 12.0. The molecule has 2 heterocycles. The first kappa shape index (κ1) is 20.4. The van der Waals surface area contributed by atoms with E-state index in [9.17, 15) is 9.59 Å². The second kappa shape index (κ2) is 8.47. The molecule has 0 saturated carbocycles. The molecule has 1 aliphatic heterocycles. The predicted octanol–water partition coefficient (Wildman–Crippen LogP) is 2.68. The lowest BCUT2D eigenvalue weighted by Gasteiger charge is -2.09. The smallest absolute Gasteiger partial charge is 0.267 e. The molecule has 0 bridgehead atoms. The Labute approximate surface area is 178 Å². The van der Waals surface area contributed by atoms with E-state index in [0.717, 1.165) is 10.9 Å². The molecule has 4 rings (SSSR count). The first-order chi connectivity index (χ1) is 15.0. The number of ether oxygens (including phenoxy) is 4. The molecule has 1 aromatic heterocycles. The van der Waals surface area contributed by atoms with Gasteiger partial charge in [-0.3, -0.25) is 9.59 Å². The molecule has 1 aliphatic rings. The van der Waals surface area contributed by atoms with Crippen LogP contribution in [0.3, 0.4) is 0 Å². The zero-order valence-corrected chi connectivity index (χ0v) is 17.5. The number of methoxy groups -OCH3 is 2. The second-order valence-corrected chi connectivity index (χ2v) is 6.97. The van der Waals surface area contributed by atoms with Crippen LogP contribution in [0.25, 0.3) is 10.9 Å². The van der Waals surface area contributed by atoms with E-state index >= 15 is 0 Å². The van der Waals surface area contributed by atoms with Crippen molar-refractivity contribution in [2.75, 3.05) is 32.9 Å². The van der Waals surface area contributed by atoms with Crippen LogP contribution < -0.4 is 29.6 Å². The van der Waals surface area contributed by atoms with E-state index in [0.29, 0.717) is 34.4 Å². The number of nitrogens with zero attached hydrogens (tertiary/aromatic N) is 1. The molecule has 0 spiro atoms. The van der Waals surface area contributed by atoms with Gasteiger partial charge in [0.1, 0.15) is 17.2 Å². The lowest BCUT2D eigenvalue weighted by atomic mass is 10.2. The standard InChI is InChI=1S/C22H23N3O6/c1-25-16-9-14(28-2)10-19(29-3)15(16)11-17(25)22(27)23-7-6-21(26)24-13-4-5-18-20(8-13)31-12-30-18/h4-5,8-11H,6-7,12H2,1-3H3,(H,23,27)(H,24,26). The van der Waals surface area contributed by atoms with E-state index in [4.69, 9.17) is 18.9 Å². The number of hydrogen-bond donors (Lipinski definition) is 2. The molecule has 0 fully saturated rings. The van der Waals surface area contributed by atoms with Gasteiger partial charge in [0, 0.05) is 49.3 Å². The second-order valence-electron chi connectivity index (χ2n) is 6.97. The van der Waals surface area contributed by atoms with Gasteiger partial charge in [-0.15, -0.1) is 0 Å². The third-order valence-electron chi connectivity index (χ3n) is 5.08. The fourth-order valence-corrected chi connectivity index (χ4v) is 3.46. The molecule has 9 nitrogen and oxygen atoms in total. The van der Waals surface area contributed by atoms with Crippen LogP contribution >= 0.6 is 0 Å². The quantitative estimate of drug-likeness (QED) is 0.604. The van der Waals surface area contributed by atoms with E-state index < -0.39 is 0 Å². The minimum Gasteiger partial charge on any atom is -0.497 e. The highest BCUT2D eigenvalue weighted by Crippen LogP contribution is 2.34. The van der Waals surface area contributed by atoms with Gasteiger partial charge in [0.25, 0.3) is 5.91 Å². The summed E-state index contributed by atoms with van der Waals surface area (Å²) in [6.07, 6.45) is 0.126. The fraction of sp³-hybridized carbons (Fsp3) is 0.273. The number of benzene rings is 2. The Morgan fingerprint density at radius 2 is 1.87 bits per heavy atom. The number of anilines is 1. The van der Waals surface area contributed by atoms with Gasteiger partial charge in [0.2, 0.25) is 12.7 Å². The molecule has 9 heteroatoms. The maximum Gasteiger partial charge on any atom is 0.267 e. The first-order valence-corrected chi connectivity index (χ1v) is 9.69. The molecule has 2 N–H and O–H groups in total. The minimum absolute atomic E-state index is 0.126. The monoisotopic (exact) mass is 425 g/mol. The maximum atomic E-state index is 12.7. The van der Waals surface area contributed by atoms with Crippen molar-refractivity contribution in [1.29, 1.82) is 0 Å². The van der Waals surface area contributed by atoms with Crippen molar-refractivity contribution < 1.29 is 28.5 Å². The van der Waals surface area contributed by atoms with Gasteiger partial charge in [-0.25, -0.2) is 0 Å². The van der Waals surface area contributed by atoms with Crippen molar-refractivity contribution in [1.82, 2.24) is 9.88 Å². The maximum absolute atomic E-state index is 12.7. The van der Waals surface area contributed by atoms with Gasteiger partial charge in [0.15, 0.2) is 11.5 Å². The number of fused-ring (bicyclic) bond motifs is 2. The number of aryl methyl sites for hydroxylation is 1. The molecule has 3 aromatic rings. The highest BCUT2D eigenvalue weighted by molar-refractivity contribution is 6.01. The average Bonchev–Trinajstić information content (AvgIpc) is 3.37. The van der Waals surface area contributed by atoms with Crippen LogP contribution in [0.4, 0.5) is 5.69 Å². The summed E-state index contributed by atoms with van der Waals surface area (Å²) in [4.78, 5) is 24.9. The molecule has 0 aliphatic carbocycles. The summed E-state index contributed by atoms with van der Waals surface area (Å²) in [5.41, 5.74) is 1.87.